The van der Waals surface area contributed by atoms with Gasteiger partial charge in [-0.15, -0.1) is 11.8 Å². The van der Waals surface area contributed by atoms with Crippen molar-refractivity contribution in [2.75, 3.05) is 6.54 Å². The van der Waals surface area contributed by atoms with Gasteiger partial charge in [-0.2, -0.15) is 5.10 Å². The first-order valence-electron chi connectivity index (χ1n) is 9.98. The van der Waals surface area contributed by atoms with Crippen LogP contribution in [0.4, 0.5) is 0 Å². The summed E-state index contributed by atoms with van der Waals surface area (Å²) in [5, 5.41) is 11.9. The fraction of sp³-hybridized carbons (Fsp3) is 0.217. The number of hydrogen-bond acceptors (Lipinski definition) is 6. The Kier molecular flexibility index (Phi) is 6.47. The molecule has 1 aromatic carbocycles. The minimum absolute atomic E-state index is 0.123. The molecule has 1 N–H and O–H groups in total. The maximum atomic E-state index is 12.8. The molecule has 0 unspecified atom stereocenters. The highest BCUT2D eigenvalue weighted by Gasteiger charge is 2.15. The lowest BCUT2D eigenvalue weighted by Crippen LogP contribution is -2.26. The number of aromatic nitrogens is 4. The number of rotatable bonds is 8. The van der Waals surface area contributed by atoms with E-state index < -0.39 is 0 Å². The molecule has 0 spiro atoms. The van der Waals surface area contributed by atoms with Gasteiger partial charge in [-0.3, -0.25) is 4.79 Å². The minimum atomic E-state index is -0.123. The van der Waals surface area contributed by atoms with Crippen LogP contribution in [-0.4, -0.2) is 32.4 Å². The zero-order valence-corrected chi connectivity index (χ0v) is 18.2. The highest BCUT2D eigenvalue weighted by Crippen LogP contribution is 2.27. The van der Waals surface area contributed by atoms with Crippen LogP contribution in [0.5, 0.6) is 0 Å². The lowest BCUT2D eigenvalue weighted by atomic mass is 10.1. The summed E-state index contributed by atoms with van der Waals surface area (Å²) in [6.07, 6.45) is 6.10. The average molecular weight is 434 g/mol. The lowest BCUT2D eigenvalue weighted by molar-refractivity contribution is 0.0950. The Bertz CT molecular complexity index is 1130. The molecule has 0 aliphatic carbocycles. The number of aryl methyl sites for hydroxylation is 2. The molecule has 3 heterocycles. The molecule has 0 aliphatic heterocycles. The minimum Gasteiger partial charge on any atom is -0.361 e. The Morgan fingerprint density at radius 2 is 1.97 bits per heavy atom. The van der Waals surface area contributed by atoms with Crippen molar-refractivity contribution in [3.63, 3.8) is 0 Å². The van der Waals surface area contributed by atoms with Crippen LogP contribution in [0.2, 0.25) is 0 Å². The summed E-state index contributed by atoms with van der Waals surface area (Å²) >= 11 is 1.51. The fourth-order valence-electron chi connectivity index (χ4n) is 3.18. The third-order valence-electron chi connectivity index (χ3n) is 4.95. The van der Waals surface area contributed by atoms with E-state index in [4.69, 9.17) is 4.52 Å². The standard InChI is InChI=1S/C23H23N5O2S/c1-16-21(17(2)30-27-16)15-31-23-20(5-3-11-25-23)22(29)24-13-10-18-6-8-19(9-7-18)28-14-4-12-26-28/h3-9,11-12,14H,10,13,15H2,1-2H3,(H,24,29). The third kappa shape index (κ3) is 5.03. The summed E-state index contributed by atoms with van der Waals surface area (Å²) in [5.41, 5.74) is 4.64. The van der Waals surface area contributed by atoms with Crippen LogP contribution in [0.25, 0.3) is 5.69 Å². The Morgan fingerprint density at radius 1 is 1.13 bits per heavy atom. The molecule has 1 amide bonds. The largest absolute Gasteiger partial charge is 0.361 e. The predicted octanol–water partition coefficient (Wildman–Crippen LogP) is 4.14. The van der Waals surface area contributed by atoms with Crippen molar-refractivity contribution in [2.45, 2.75) is 31.0 Å². The summed E-state index contributed by atoms with van der Waals surface area (Å²) in [4.78, 5) is 17.2. The molecule has 0 aliphatic rings. The Balaban J connectivity index is 1.33. The zero-order chi connectivity index (χ0) is 21.6. The summed E-state index contributed by atoms with van der Waals surface area (Å²) in [5.74, 6) is 1.33. The van der Waals surface area contributed by atoms with E-state index in [1.165, 1.54) is 11.8 Å². The van der Waals surface area contributed by atoms with Gasteiger partial charge in [0.05, 0.1) is 16.9 Å². The van der Waals surface area contributed by atoms with E-state index in [2.05, 4.69) is 32.7 Å². The van der Waals surface area contributed by atoms with Crippen LogP contribution in [0.3, 0.4) is 0 Å². The number of thioether (sulfide) groups is 1. The molecular weight excluding hydrogens is 410 g/mol. The second-order valence-corrected chi connectivity index (χ2v) is 8.03. The van der Waals surface area contributed by atoms with Crippen molar-refractivity contribution in [2.24, 2.45) is 0 Å². The highest BCUT2D eigenvalue weighted by molar-refractivity contribution is 7.98. The quantitative estimate of drug-likeness (QED) is 0.421. The van der Waals surface area contributed by atoms with Crippen LogP contribution in [0, 0.1) is 13.8 Å². The number of carbonyl (C=O) groups is 1. The molecule has 0 bridgehead atoms. The third-order valence-corrected chi connectivity index (χ3v) is 5.99. The molecule has 8 heteroatoms. The summed E-state index contributed by atoms with van der Waals surface area (Å²) < 4.78 is 7.03. The zero-order valence-electron chi connectivity index (χ0n) is 17.4. The van der Waals surface area contributed by atoms with Gasteiger partial charge in [0.25, 0.3) is 5.91 Å². The van der Waals surface area contributed by atoms with Crippen molar-refractivity contribution in [1.82, 2.24) is 25.2 Å². The van der Waals surface area contributed by atoms with Gasteiger partial charge in [0.1, 0.15) is 10.8 Å². The van der Waals surface area contributed by atoms with Gasteiger partial charge in [0.15, 0.2) is 0 Å². The molecule has 4 rings (SSSR count). The number of hydrogen-bond donors (Lipinski definition) is 1. The van der Waals surface area contributed by atoms with E-state index >= 15 is 0 Å². The summed E-state index contributed by atoms with van der Waals surface area (Å²) in [6.45, 7) is 4.35. The van der Waals surface area contributed by atoms with Gasteiger partial charge < -0.3 is 9.84 Å². The molecule has 31 heavy (non-hydrogen) atoms. The number of carbonyl (C=O) groups excluding carboxylic acids is 1. The SMILES string of the molecule is Cc1noc(C)c1CSc1ncccc1C(=O)NCCc1ccc(-n2cccn2)cc1. The fourth-order valence-corrected chi connectivity index (χ4v) is 4.32. The van der Waals surface area contributed by atoms with E-state index in [1.807, 2.05) is 42.9 Å². The van der Waals surface area contributed by atoms with E-state index in [-0.39, 0.29) is 5.91 Å². The maximum Gasteiger partial charge on any atom is 0.254 e. The molecule has 3 aromatic heterocycles. The molecular formula is C23H23N5O2S. The smallest absolute Gasteiger partial charge is 0.254 e. The van der Waals surface area contributed by atoms with Gasteiger partial charge in [-0.05, 0) is 56.2 Å². The van der Waals surface area contributed by atoms with E-state index in [0.717, 1.165) is 34.7 Å². The molecule has 0 radical (unpaired) electrons. The molecule has 7 nitrogen and oxygen atoms in total. The number of pyridine rings is 1. The van der Waals surface area contributed by atoms with Crippen molar-refractivity contribution in [3.05, 3.63) is 89.2 Å². The second-order valence-electron chi connectivity index (χ2n) is 7.07. The topological polar surface area (TPSA) is 85.8 Å². The van der Waals surface area contributed by atoms with E-state index in [0.29, 0.717) is 22.9 Å². The number of amides is 1. The summed E-state index contributed by atoms with van der Waals surface area (Å²) in [7, 11) is 0. The van der Waals surface area contributed by atoms with E-state index in [1.54, 1.807) is 24.5 Å². The van der Waals surface area contributed by atoms with Crippen molar-refractivity contribution in [3.8, 4) is 5.69 Å². The van der Waals surface area contributed by atoms with Gasteiger partial charge in [0, 0.05) is 36.5 Å². The monoisotopic (exact) mass is 433 g/mol. The predicted molar refractivity (Wildman–Crippen MR) is 119 cm³/mol. The van der Waals surface area contributed by atoms with Crippen molar-refractivity contribution in [1.29, 1.82) is 0 Å². The Hall–Kier alpha value is -3.39. The van der Waals surface area contributed by atoms with Gasteiger partial charge in [-0.25, -0.2) is 9.67 Å². The van der Waals surface area contributed by atoms with E-state index in [9.17, 15) is 4.79 Å². The Morgan fingerprint density at radius 3 is 2.68 bits per heavy atom. The maximum absolute atomic E-state index is 12.8. The van der Waals surface area contributed by atoms with Crippen LogP contribution in [0.15, 0.2) is 70.6 Å². The van der Waals surface area contributed by atoms with Crippen molar-refractivity contribution < 1.29 is 9.32 Å². The first-order chi connectivity index (χ1) is 15.1. The van der Waals surface area contributed by atoms with Gasteiger partial charge in [0.2, 0.25) is 0 Å². The number of nitrogens with zero attached hydrogens (tertiary/aromatic N) is 4. The normalized spacial score (nSPS) is 10.9. The average Bonchev–Trinajstić information content (AvgIpc) is 3.43. The second kappa shape index (κ2) is 9.61. The number of nitrogens with one attached hydrogen (secondary N) is 1. The molecule has 0 saturated heterocycles. The molecule has 0 atom stereocenters. The Labute approximate surface area is 184 Å². The highest BCUT2D eigenvalue weighted by atomic mass is 32.2. The van der Waals surface area contributed by atoms with Gasteiger partial charge >= 0.3 is 0 Å². The van der Waals surface area contributed by atoms with Gasteiger partial charge in [-0.1, -0.05) is 17.3 Å². The van der Waals surface area contributed by atoms with Crippen LogP contribution in [0.1, 0.15) is 32.9 Å². The molecule has 0 fully saturated rings. The summed E-state index contributed by atoms with van der Waals surface area (Å²) in [6, 6.07) is 13.6. The number of benzene rings is 1. The molecule has 158 valence electrons. The first kappa shape index (κ1) is 20.9. The van der Waals surface area contributed by atoms with Crippen LogP contribution in [-0.2, 0) is 12.2 Å². The molecule has 4 aromatic rings. The molecule has 0 saturated carbocycles. The lowest BCUT2D eigenvalue weighted by Gasteiger charge is -2.09. The first-order valence-corrected chi connectivity index (χ1v) is 11.0. The van der Waals surface area contributed by atoms with Crippen LogP contribution >= 0.6 is 11.8 Å². The van der Waals surface area contributed by atoms with Crippen molar-refractivity contribution >= 4 is 17.7 Å². The van der Waals surface area contributed by atoms with Crippen LogP contribution < -0.4 is 5.32 Å².